The summed E-state index contributed by atoms with van der Waals surface area (Å²) in [6, 6.07) is 7.23. The molecule has 1 N–H and O–H groups in total. The van der Waals surface area contributed by atoms with Crippen molar-refractivity contribution in [2.24, 2.45) is 0 Å². The first-order valence-electron chi connectivity index (χ1n) is 5.41. The maximum atomic E-state index is 12.5. The van der Waals surface area contributed by atoms with Crippen LogP contribution in [0.25, 0.3) is 0 Å². The minimum absolute atomic E-state index is 0.144. The van der Waals surface area contributed by atoms with Gasteiger partial charge >= 0.3 is 0 Å². The van der Waals surface area contributed by atoms with Crippen LogP contribution in [0.5, 0.6) is 0 Å². The van der Waals surface area contributed by atoms with E-state index in [0.717, 1.165) is 9.92 Å². The molecule has 0 fully saturated rings. The molecule has 0 radical (unpaired) electrons. The second kappa shape index (κ2) is 4.66. The third-order valence-electron chi connectivity index (χ3n) is 2.73. The zero-order valence-electron chi connectivity index (χ0n) is 9.30. The average Bonchev–Trinajstić information content (AvgIpc) is 2.86. The molecular formula is C13H9NO2S2. The lowest BCUT2D eigenvalue weighted by molar-refractivity contribution is -0.113. The number of hydrogen-bond donors (Lipinski definition) is 1. The number of nitrogens with one attached hydrogen (secondary N) is 1. The highest BCUT2D eigenvalue weighted by Gasteiger charge is 2.29. The van der Waals surface area contributed by atoms with Crippen LogP contribution >= 0.6 is 23.5 Å². The Balaban J connectivity index is 2.14. The molecule has 2 heterocycles. The van der Waals surface area contributed by atoms with Gasteiger partial charge in [0.05, 0.1) is 16.4 Å². The molecule has 0 spiro atoms. The monoisotopic (exact) mass is 275 g/mol. The molecule has 0 unspecified atom stereocenters. The molecular weight excluding hydrogens is 266 g/mol. The summed E-state index contributed by atoms with van der Waals surface area (Å²) in [6.45, 7) is 0.169. The highest BCUT2D eigenvalue weighted by atomic mass is 32.2. The number of Topliss-reactive ketones (excluding diaryl/α,β-unsaturated/α-hetero) is 2. The summed E-state index contributed by atoms with van der Waals surface area (Å²) in [7, 11) is 0. The highest BCUT2D eigenvalue weighted by molar-refractivity contribution is 8.27. The zero-order valence-corrected chi connectivity index (χ0v) is 10.9. The first kappa shape index (κ1) is 11.6. The van der Waals surface area contributed by atoms with Gasteiger partial charge in [-0.2, -0.15) is 0 Å². The van der Waals surface area contributed by atoms with Gasteiger partial charge in [0.2, 0.25) is 0 Å². The number of anilines is 1. The predicted octanol–water partition coefficient (Wildman–Crippen LogP) is 3.03. The first-order valence-corrected chi connectivity index (χ1v) is 7.16. The van der Waals surface area contributed by atoms with Crippen LogP contribution in [0.15, 0.2) is 44.9 Å². The van der Waals surface area contributed by atoms with E-state index >= 15 is 0 Å². The lowest BCUT2D eigenvalue weighted by Gasteiger charge is -2.05. The number of ketones is 2. The standard InChI is InChI=1S/C13H9NO2S2/c15-10-7-14-9-4-2-1-3-8(9)12(16)11(10)13-17-5-6-18-13/h1-6,14H,7H2. The van der Waals surface area contributed by atoms with Crippen LogP contribution in [0.3, 0.4) is 0 Å². The van der Waals surface area contributed by atoms with E-state index in [0.29, 0.717) is 11.1 Å². The molecule has 3 rings (SSSR count). The molecule has 0 saturated carbocycles. The maximum absolute atomic E-state index is 12.5. The smallest absolute Gasteiger partial charge is 0.200 e. The number of para-hydroxylation sites is 1. The molecule has 2 aliphatic heterocycles. The Kier molecular flexibility index (Phi) is 3.01. The van der Waals surface area contributed by atoms with E-state index in [-0.39, 0.29) is 18.1 Å². The van der Waals surface area contributed by atoms with Crippen molar-refractivity contribution in [3.05, 3.63) is 50.5 Å². The predicted molar refractivity (Wildman–Crippen MR) is 75.6 cm³/mol. The highest BCUT2D eigenvalue weighted by Crippen LogP contribution is 2.41. The van der Waals surface area contributed by atoms with Crippen LogP contribution in [-0.4, -0.2) is 18.1 Å². The lowest BCUT2D eigenvalue weighted by Crippen LogP contribution is -2.17. The van der Waals surface area contributed by atoms with Crippen molar-refractivity contribution in [2.75, 3.05) is 11.9 Å². The maximum Gasteiger partial charge on any atom is 0.200 e. The van der Waals surface area contributed by atoms with Gasteiger partial charge in [-0.05, 0) is 22.9 Å². The Labute approximate surface area is 113 Å². The van der Waals surface area contributed by atoms with Gasteiger partial charge in [-0.3, -0.25) is 9.59 Å². The third-order valence-corrected chi connectivity index (χ3v) is 4.86. The Morgan fingerprint density at radius 1 is 1.06 bits per heavy atom. The lowest BCUT2D eigenvalue weighted by atomic mass is 10.0. The zero-order chi connectivity index (χ0) is 12.5. The van der Waals surface area contributed by atoms with Crippen molar-refractivity contribution in [3.63, 3.8) is 0 Å². The topological polar surface area (TPSA) is 46.2 Å². The van der Waals surface area contributed by atoms with Crippen LogP contribution in [0.1, 0.15) is 10.4 Å². The molecule has 1 aromatic carbocycles. The summed E-state index contributed by atoms with van der Waals surface area (Å²) in [4.78, 5) is 24.5. The average molecular weight is 275 g/mol. The number of rotatable bonds is 0. The number of carbonyl (C=O) groups excluding carboxylic acids is 2. The van der Waals surface area contributed by atoms with E-state index in [9.17, 15) is 9.59 Å². The second-order valence-electron chi connectivity index (χ2n) is 3.82. The molecule has 1 aromatic rings. The van der Waals surface area contributed by atoms with E-state index in [1.165, 1.54) is 23.5 Å². The van der Waals surface area contributed by atoms with Gasteiger partial charge in [0.1, 0.15) is 0 Å². The number of thioether (sulfide) groups is 2. The van der Waals surface area contributed by atoms with Crippen LogP contribution in [0.4, 0.5) is 5.69 Å². The molecule has 0 saturated heterocycles. The quantitative estimate of drug-likeness (QED) is 0.582. The summed E-state index contributed by atoms with van der Waals surface area (Å²) in [5, 5.41) is 6.79. The van der Waals surface area contributed by atoms with Gasteiger partial charge in [-0.25, -0.2) is 0 Å². The number of hydrogen-bond acceptors (Lipinski definition) is 5. The largest absolute Gasteiger partial charge is 0.377 e. The molecule has 90 valence electrons. The fourth-order valence-electron chi connectivity index (χ4n) is 1.89. The van der Waals surface area contributed by atoms with E-state index in [4.69, 9.17) is 0 Å². The molecule has 0 amide bonds. The van der Waals surface area contributed by atoms with Crippen LogP contribution in [0.2, 0.25) is 0 Å². The summed E-state index contributed by atoms with van der Waals surface area (Å²) in [6.07, 6.45) is 0. The Bertz CT molecular complexity index is 595. The van der Waals surface area contributed by atoms with E-state index < -0.39 is 0 Å². The summed E-state index contributed by atoms with van der Waals surface area (Å²) in [5.74, 6) is -0.325. The summed E-state index contributed by atoms with van der Waals surface area (Å²) >= 11 is 2.87. The first-order chi connectivity index (χ1) is 8.77. The van der Waals surface area contributed by atoms with E-state index in [1.807, 2.05) is 29.0 Å². The van der Waals surface area contributed by atoms with Gasteiger partial charge in [-0.1, -0.05) is 35.7 Å². The van der Waals surface area contributed by atoms with Gasteiger partial charge in [-0.15, -0.1) is 0 Å². The van der Waals surface area contributed by atoms with Crippen LogP contribution in [-0.2, 0) is 4.79 Å². The Morgan fingerprint density at radius 3 is 2.56 bits per heavy atom. The number of fused-ring (bicyclic) bond motifs is 1. The summed E-state index contributed by atoms with van der Waals surface area (Å²) in [5.41, 5.74) is 1.61. The minimum Gasteiger partial charge on any atom is -0.377 e. The van der Waals surface area contributed by atoms with Crippen molar-refractivity contribution in [1.29, 1.82) is 0 Å². The van der Waals surface area contributed by atoms with Crippen molar-refractivity contribution < 1.29 is 9.59 Å². The normalized spacial score (nSPS) is 18.7. The van der Waals surface area contributed by atoms with E-state index in [1.54, 1.807) is 6.07 Å². The Hall–Kier alpha value is -1.46. The van der Waals surface area contributed by atoms with Gasteiger partial charge in [0.15, 0.2) is 11.6 Å². The van der Waals surface area contributed by atoms with Crippen LogP contribution < -0.4 is 5.32 Å². The Morgan fingerprint density at radius 2 is 1.78 bits per heavy atom. The second-order valence-corrected chi connectivity index (χ2v) is 5.91. The molecule has 18 heavy (non-hydrogen) atoms. The number of benzene rings is 1. The number of carbonyl (C=O) groups is 2. The molecule has 2 aliphatic rings. The van der Waals surface area contributed by atoms with E-state index in [2.05, 4.69) is 5.32 Å². The molecule has 0 atom stereocenters. The van der Waals surface area contributed by atoms with Crippen LogP contribution in [0, 0.1) is 0 Å². The third kappa shape index (κ3) is 1.89. The molecule has 0 bridgehead atoms. The minimum atomic E-state index is -0.181. The molecule has 0 aromatic heterocycles. The van der Waals surface area contributed by atoms with Crippen molar-refractivity contribution in [3.8, 4) is 0 Å². The van der Waals surface area contributed by atoms with Crippen molar-refractivity contribution in [2.45, 2.75) is 0 Å². The molecule has 5 heteroatoms. The fourth-order valence-corrected chi connectivity index (χ4v) is 3.79. The van der Waals surface area contributed by atoms with Crippen molar-refractivity contribution >= 4 is 40.8 Å². The van der Waals surface area contributed by atoms with Gasteiger partial charge in [0.25, 0.3) is 0 Å². The molecule has 3 nitrogen and oxygen atoms in total. The van der Waals surface area contributed by atoms with Gasteiger partial charge in [0, 0.05) is 11.3 Å². The van der Waals surface area contributed by atoms with Gasteiger partial charge < -0.3 is 5.32 Å². The fraction of sp³-hybridized carbons (Fsp3) is 0.0769. The van der Waals surface area contributed by atoms with Crippen molar-refractivity contribution in [1.82, 2.24) is 0 Å². The molecule has 0 aliphatic carbocycles. The SMILES string of the molecule is O=C1CNc2ccccc2C(=O)C1=C1SC=CS1. The summed E-state index contributed by atoms with van der Waals surface area (Å²) < 4.78 is 0.781.